The largest absolute Gasteiger partial charge is 0.484 e. The molecule has 268 valence electrons. The van der Waals surface area contributed by atoms with Gasteiger partial charge in [-0.25, -0.2) is 38.7 Å². The summed E-state index contributed by atoms with van der Waals surface area (Å²) in [6.07, 6.45) is 6.15. The van der Waals surface area contributed by atoms with Crippen LogP contribution >= 0.6 is 0 Å². The van der Waals surface area contributed by atoms with Gasteiger partial charge >= 0.3 is 0 Å². The second kappa shape index (κ2) is 14.0. The molecule has 4 aliphatic heterocycles. The first-order chi connectivity index (χ1) is 24.8. The summed E-state index contributed by atoms with van der Waals surface area (Å²) in [7, 11) is 0. The highest BCUT2D eigenvalue weighted by atomic mass is 19.1. The highest BCUT2D eigenvalue weighted by molar-refractivity contribution is 5.41. The van der Waals surface area contributed by atoms with Gasteiger partial charge in [0.15, 0.2) is 17.6 Å². The summed E-state index contributed by atoms with van der Waals surface area (Å²) >= 11 is 0. The summed E-state index contributed by atoms with van der Waals surface area (Å²) in [6, 6.07) is 5.13. The lowest BCUT2D eigenvalue weighted by molar-refractivity contribution is -0.0130. The van der Waals surface area contributed by atoms with Crippen LogP contribution in [-0.2, 0) is 0 Å². The van der Waals surface area contributed by atoms with Gasteiger partial charge in [-0.05, 0) is 32.9 Å². The summed E-state index contributed by atoms with van der Waals surface area (Å²) in [5.41, 5.74) is 0.400. The van der Waals surface area contributed by atoms with Crippen LogP contribution in [0.4, 0.5) is 20.7 Å². The molecule has 2 fully saturated rings. The first kappa shape index (κ1) is 33.2. The van der Waals surface area contributed by atoms with Crippen LogP contribution in [0.2, 0.25) is 0 Å². The normalized spacial score (nSPS) is 23.5. The average molecular weight is 703 g/mol. The van der Waals surface area contributed by atoms with Crippen molar-refractivity contribution in [2.24, 2.45) is 0 Å². The van der Waals surface area contributed by atoms with Gasteiger partial charge in [0.25, 0.3) is 11.8 Å². The number of pyridine rings is 2. The van der Waals surface area contributed by atoms with Gasteiger partial charge in [-0.3, -0.25) is 9.80 Å². The number of fused-ring (bicyclic) bond motifs is 2. The molecule has 0 aliphatic carbocycles. The monoisotopic (exact) mass is 702 g/mol. The van der Waals surface area contributed by atoms with E-state index in [1.54, 1.807) is 36.9 Å². The van der Waals surface area contributed by atoms with Crippen LogP contribution in [0.3, 0.4) is 0 Å². The fraction of sp³-hybridized carbons (Fsp3) is 0.486. The second-order valence-corrected chi connectivity index (χ2v) is 13.3. The van der Waals surface area contributed by atoms with Gasteiger partial charge in [-0.15, -0.1) is 0 Å². The van der Waals surface area contributed by atoms with Crippen LogP contribution in [0, 0.1) is 11.6 Å². The molecule has 0 radical (unpaired) electrons. The molecular formula is C35H40F2N10O4. The van der Waals surface area contributed by atoms with E-state index < -0.39 is 23.8 Å². The van der Waals surface area contributed by atoms with Crippen molar-refractivity contribution in [2.75, 3.05) is 68.9 Å². The minimum absolute atomic E-state index is 0.0263. The lowest BCUT2D eigenvalue weighted by Gasteiger charge is -2.46. The zero-order valence-corrected chi connectivity index (χ0v) is 28.7. The number of halogens is 2. The number of hydrogen-bond donors (Lipinski definition) is 0. The van der Waals surface area contributed by atoms with Gasteiger partial charge in [0.1, 0.15) is 37.1 Å². The average Bonchev–Trinajstić information content (AvgIpc) is 3.16. The van der Waals surface area contributed by atoms with Crippen molar-refractivity contribution in [1.82, 2.24) is 39.7 Å². The highest BCUT2D eigenvalue weighted by Crippen LogP contribution is 2.41. The van der Waals surface area contributed by atoms with Gasteiger partial charge in [0.05, 0.1) is 17.8 Å². The molecule has 4 aromatic rings. The second-order valence-electron chi connectivity index (χ2n) is 13.3. The van der Waals surface area contributed by atoms with Gasteiger partial charge < -0.3 is 28.7 Å². The quantitative estimate of drug-likeness (QED) is 0.279. The van der Waals surface area contributed by atoms with E-state index >= 15 is 8.78 Å². The van der Waals surface area contributed by atoms with Crippen LogP contribution < -0.4 is 28.7 Å². The van der Waals surface area contributed by atoms with E-state index in [1.165, 1.54) is 12.1 Å². The van der Waals surface area contributed by atoms with Crippen molar-refractivity contribution in [2.45, 2.75) is 51.0 Å². The molecule has 0 aromatic carbocycles. The Morgan fingerprint density at radius 2 is 1.24 bits per heavy atom. The Hall–Kier alpha value is -4.96. The topological polar surface area (TPSA) is 127 Å². The number of aromatic nitrogens is 6. The van der Waals surface area contributed by atoms with E-state index in [0.29, 0.717) is 64.4 Å². The molecule has 0 spiro atoms. The first-order valence-electron chi connectivity index (χ1n) is 17.4. The van der Waals surface area contributed by atoms with Crippen molar-refractivity contribution < 1.29 is 27.7 Å². The van der Waals surface area contributed by atoms with Crippen molar-refractivity contribution in [3.63, 3.8) is 0 Å². The summed E-state index contributed by atoms with van der Waals surface area (Å²) in [4.78, 5) is 35.6. The molecule has 5 atom stereocenters. The van der Waals surface area contributed by atoms with Crippen LogP contribution in [0.5, 0.6) is 23.3 Å². The molecule has 0 amide bonds. The molecule has 8 heterocycles. The van der Waals surface area contributed by atoms with Crippen molar-refractivity contribution in [1.29, 1.82) is 0 Å². The summed E-state index contributed by atoms with van der Waals surface area (Å²) < 4.78 is 55.9. The Labute approximate surface area is 294 Å². The third-order valence-electron chi connectivity index (χ3n) is 10.0. The standard InChI is InChI=1S/C35H40F2N10O4/c1-21-18-44(34-38-6-4-7-39-34)10-12-46(21)23(3)29-24(36)16-27-33(42-29)51-28(20-50-27)31(30-25(37)17-26-32(43-30)49-15-14-48-26)47-13-11-45(19-22(47)2)35-40-8-5-9-41-35/h4-9,16-17,21-23,28,31H,10-15,18-20H2,1-3H3/t21-,22-,23+,28?,31-/m0/s1. The lowest BCUT2D eigenvalue weighted by Crippen LogP contribution is -2.57. The third-order valence-corrected chi connectivity index (χ3v) is 10.0. The van der Waals surface area contributed by atoms with Crippen LogP contribution in [0.15, 0.2) is 49.1 Å². The van der Waals surface area contributed by atoms with Crippen LogP contribution in [0.25, 0.3) is 0 Å². The number of piperazine rings is 2. The summed E-state index contributed by atoms with van der Waals surface area (Å²) in [6.45, 7) is 10.5. The fourth-order valence-corrected chi connectivity index (χ4v) is 7.54. The molecule has 4 aliphatic rings. The number of hydrogen-bond acceptors (Lipinski definition) is 14. The van der Waals surface area contributed by atoms with Crippen molar-refractivity contribution in [3.8, 4) is 23.3 Å². The third kappa shape index (κ3) is 6.53. The SMILES string of the molecule is C[C@H](c1nc2c(cc1F)OCC([C@@H](c1nc3c(cc1F)OCCO3)N1CCN(c3ncccn3)C[C@@H]1C)O2)N1CCN(c2ncccn2)C[C@@H]1C. The molecule has 16 heteroatoms. The molecule has 0 N–H and O–H groups in total. The minimum Gasteiger partial charge on any atom is -0.484 e. The zero-order chi connectivity index (χ0) is 35.1. The van der Waals surface area contributed by atoms with Crippen LogP contribution in [0.1, 0.15) is 44.2 Å². The zero-order valence-electron chi connectivity index (χ0n) is 28.7. The highest BCUT2D eigenvalue weighted by Gasteiger charge is 2.43. The first-order valence-corrected chi connectivity index (χ1v) is 17.4. The Morgan fingerprint density at radius 3 is 1.86 bits per heavy atom. The maximum Gasteiger partial charge on any atom is 0.258 e. The molecule has 4 aromatic heterocycles. The molecule has 1 unspecified atom stereocenters. The predicted octanol–water partition coefficient (Wildman–Crippen LogP) is 3.47. The number of ether oxygens (including phenoxy) is 4. The van der Waals surface area contributed by atoms with E-state index in [0.717, 1.165) is 0 Å². The number of rotatable bonds is 7. The molecule has 2 saturated heterocycles. The minimum atomic E-state index is -0.738. The lowest BCUT2D eigenvalue weighted by atomic mass is 9.99. The van der Waals surface area contributed by atoms with E-state index in [1.807, 2.05) is 6.92 Å². The smallest absolute Gasteiger partial charge is 0.258 e. The molecule has 8 rings (SSSR count). The maximum absolute atomic E-state index is 16.1. The molecule has 0 bridgehead atoms. The fourth-order valence-electron chi connectivity index (χ4n) is 7.54. The van der Waals surface area contributed by atoms with Gasteiger partial charge in [0.2, 0.25) is 11.9 Å². The van der Waals surface area contributed by atoms with E-state index in [-0.39, 0.29) is 59.4 Å². The summed E-state index contributed by atoms with van der Waals surface area (Å²) in [5.74, 6) is 1.13. The molecule has 14 nitrogen and oxygen atoms in total. The Morgan fingerprint density at radius 1 is 0.686 bits per heavy atom. The number of anilines is 2. The van der Waals surface area contributed by atoms with E-state index in [4.69, 9.17) is 23.9 Å². The van der Waals surface area contributed by atoms with Crippen molar-refractivity contribution >= 4 is 11.9 Å². The Bertz CT molecular complexity index is 1850. The van der Waals surface area contributed by atoms with Crippen molar-refractivity contribution in [3.05, 3.63) is 72.1 Å². The Balaban J connectivity index is 1.07. The maximum atomic E-state index is 16.1. The van der Waals surface area contributed by atoms with Gasteiger partial charge in [-0.1, -0.05) is 0 Å². The van der Waals surface area contributed by atoms with Gasteiger partial charge in [-0.2, -0.15) is 0 Å². The molecule has 0 saturated carbocycles. The van der Waals surface area contributed by atoms with Gasteiger partial charge in [0, 0.05) is 88.3 Å². The van der Waals surface area contributed by atoms with E-state index in [2.05, 4.69) is 58.4 Å². The van der Waals surface area contributed by atoms with Crippen LogP contribution in [-0.4, -0.2) is 117 Å². The predicted molar refractivity (Wildman–Crippen MR) is 181 cm³/mol. The van der Waals surface area contributed by atoms with E-state index in [9.17, 15) is 0 Å². The molecular weight excluding hydrogens is 662 g/mol. The molecule has 51 heavy (non-hydrogen) atoms. The Kier molecular flexibility index (Phi) is 9.10. The number of nitrogens with zero attached hydrogens (tertiary/aromatic N) is 10. The summed E-state index contributed by atoms with van der Waals surface area (Å²) in [5, 5.41) is 0.